The lowest BCUT2D eigenvalue weighted by Gasteiger charge is -2.30. The highest BCUT2D eigenvalue weighted by Gasteiger charge is 2.30. The van der Waals surface area contributed by atoms with E-state index < -0.39 is 5.25 Å². The predicted molar refractivity (Wildman–Crippen MR) is 138 cm³/mol. The lowest BCUT2D eigenvalue weighted by Crippen LogP contribution is -2.38. The van der Waals surface area contributed by atoms with E-state index in [1.807, 2.05) is 84.6 Å². The van der Waals surface area contributed by atoms with E-state index in [0.717, 1.165) is 49.2 Å². The van der Waals surface area contributed by atoms with Gasteiger partial charge in [0.2, 0.25) is 5.91 Å². The molecule has 34 heavy (non-hydrogen) atoms. The third-order valence-electron chi connectivity index (χ3n) is 6.32. The monoisotopic (exact) mass is 469 g/mol. The third kappa shape index (κ3) is 4.38. The lowest BCUT2D eigenvalue weighted by atomic mass is 10.1. The molecule has 5 nitrogen and oxygen atoms in total. The first-order valence-electron chi connectivity index (χ1n) is 11.7. The van der Waals surface area contributed by atoms with Gasteiger partial charge in [-0.05, 0) is 55.5 Å². The number of hydrogen-bond acceptors (Lipinski definition) is 4. The summed E-state index contributed by atoms with van der Waals surface area (Å²) in [7, 11) is 0. The summed E-state index contributed by atoms with van der Waals surface area (Å²) in [6, 6.07) is 25.0. The summed E-state index contributed by atoms with van der Waals surface area (Å²) in [5.74, 6) is 0.0784. The van der Waals surface area contributed by atoms with Gasteiger partial charge in [-0.3, -0.25) is 14.2 Å². The lowest BCUT2D eigenvalue weighted by molar-refractivity contribution is -0.131. The second-order valence-corrected chi connectivity index (χ2v) is 9.71. The van der Waals surface area contributed by atoms with E-state index >= 15 is 0 Å². The van der Waals surface area contributed by atoms with Crippen LogP contribution in [0.4, 0.5) is 0 Å². The second-order valence-electron chi connectivity index (χ2n) is 8.63. The number of para-hydroxylation sites is 2. The van der Waals surface area contributed by atoms with Crippen molar-refractivity contribution in [2.75, 3.05) is 13.1 Å². The number of benzene rings is 3. The molecule has 0 spiro atoms. The van der Waals surface area contributed by atoms with Gasteiger partial charge < -0.3 is 4.90 Å². The Morgan fingerprint density at radius 3 is 2.32 bits per heavy atom. The molecule has 0 aliphatic carbocycles. The molecule has 0 radical (unpaired) electrons. The summed E-state index contributed by atoms with van der Waals surface area (Å²) in [4.78, 5) is 34.3. The van der Waals surface area contributed by atoms with Crippen LogP contribution in [-0.4, -0.2) is 33.4 Å². The Morgan fingerprint density at radius 2 is 1.56 bits per heavy atom. The minimum atomic E-state index is -0.484. The number of amides is 1. The summed E-state index contributed by atoms with van der Waals surface area (Å²) < 4.78 is 1.67. The Hall–Kier alpha value is -3.38. The number of thioether (sulfide) groups is 1. The fourth-order valence-corrected chi connectivity index (χ4v) is 5.68. The molecule has 4 aromatic rings. The van der Waals surface area contributed by atoms with Gasteiger partial charge in [0.05, 0.1) is 16.6 Å². The van der Waals surface area contributed by atoms with E-state index in [0.29, 0.717) is 16.1 Å². The van der Waals surface area contributed by atoms with Gasteiger partial charge in [0.15, 0.2) is 5.16 Å². The zero-order valence-electron chi connectivity index (χ0n) is 19.2. The molecule has 0 saturated carbocycles. The minimum absolute atomic E-state index is 0.0784. The normalized spacial score (nSPS) is 14.8. The molecule has 5 rings (SSSR count). The molecule has 3 aromatic carbocycles. The quantitative estimate of drug-likeness (QED) is 0.284. The molecule has 6 heteroatoms. The highest BCUT2D eigenvalue weighted by molar-refractivity contribution is 8.00. The Kier molecular flexibility index (Phi) is 6.50. The van der Waals surface area contributed by atoms with Gasteiger partial charge in [0.1, 0.15) is 5.25 Å². The van der Waals surface area contributed by atoms with E-state index in [-0.39, 0.29) is 11.5 Å². The van der Waals surface area contributed by atoms with Crippen LogP contribution in [0.1, 0.15) is 35.6 Å². The second kappa shape index (κ2) is 9.85. The fraction of sp³-hybridized carbons (Fsp3) is 0.250. The summed E-state index contributed by atoms with van der Waals surface area (Å²) in [5, 5.41) is 0.605. The Morgan fingerprint density at radius 1 is 0.882 bits per heavy atom. The van der Waals surface area contributed by atoms with Crippen LogP contribution in [0.25, 0.3) is 16.6 Å². The van der Waals surface area contributed by atoms with Crippen LogP contribution in [0.2, 0.25) is 0 Å². The Balaban J connectivity index is 1.67. The molecule has 0 unspecified atom stereocenters. The molecule has 0 bridgehead atoms. The number of aromatic nitrogens is 2. The van der Waals surface area contributed by atoms with E-state index in [1.165, 1.54) is 11.8 Å². The number of nitrogens with zero attached hydrogens (tertiary/aromatic N) is 3. The molecular formula is C28H27N3O2S. The predicted octanol–water partition coefficient (Wildman–Crippen LogP) is 5.54. The molecular weight excluding hydrogens is 442 g/mol. The van der Waals surface area contributed by atoms with Crippen LogP contribution in [-0.2, 0) is 4.79 Å². The average molecular weight is 470 g/mol. The number of carbonyl (C=O) groups is 1. The van der Waals surface area contributed by atoms with Crippen LogP contribution >= 0.6 is 11.8 Å². The number of aryl methyl sites for hydroxylation is 1. The van der Waals surface area contributed by atoms with Gasteiger partial charge in [-0.2, -0.15) is 0 Å². The van der Waals surface area contributed by atoms with Crippen molar-refractivity contribution < 1.29 is 4.79 Å². The SMILES string of the molecule is Cc1ccccc1-n1c(S[C@@H](C(=O)N2CCCCC2)c2ccccc2)nc2ccccc2c1=O. The molecule has 1 amide bonds. The largest absolute Gasteiger partial charge is 0.341 e. The highest BCUT2D eigenvalue weighted by atomic mass is 32.2. The van der Waals surface area contributed by atoms with Crippen LogP contribution in [0.15, 0.2) is 88.8 Å². The smallest absolute Gasteiger partial charge is 0.266 e. The highest BCUT2D eigenvalue weighted by Crippen LogP contribution is 2.37. The Bertz CT molecular complexity index is 1380. The number of hydrogen-bond donors (Lipinski definition) is 0. The standard InChI is InChI=1S/C28H27N3O2S/c1-20-12-6-9-17-24(20)31-26(32)22-15-7-8-16-23(22)29-28(31)34-25(21-13-4-2-5-14-21)27(33)30-18-10-3-11-19-30/h2,4-9,12-17,25H,3,10-11,18-19H2,1H3/t25-/m1/s1. The van der Waals surface area contributed by atoms with Crippen molar-refractivity contribution in [2.24, 2.45) is 0 Å². The maximum atomic E-state index is 13.8. The number of likely N-dealkylation sites (tertiary alicyclic amines) is 1. The molecule has 2 heterocycles. The number of rotatable bonds is 5. The topological polar surface area (TPSA) is 55.2 Å². The third-order valence-corrected chi connectivity index (χ3v) is 7.51. The van der Waals surface area contributed by atoms with Gasteiger partial charge in [0, 0.05) is 13.1 Å². The Labute approximate surface area is 203 Å². The summed E-state index contributed by atoms with van der Waals surface area (Å²) in [6.45, 7) is 3.54. The minimum Gasteiger partial charge on any atom is -0.341 e. The summed E-state index contributed by atoms with van der Waals surface area (Å²) in [6.07, 6.45) is 3.21. The maximum Gasteiger partial charge on any atom is 0.266 e. The van der Waals surface area contributed by atoms with Crippen molar-refractivity contribution in [1.29, 1.82) is 0 Å². The van der Waals surface area contributed by atoms with Gasteiger partial charge in [-0.15, -0.1) is 0 Å². The van der Waals surface area contributed by atoms with E-state index in [1.54, 1.807) is 10.6 Å². The van der Waals surface area contributed by atoms with Crippen LogP contribution in [0.5, 0.6) is 0 Å². The molecule has 1 aliphatic heterocycles. The van der Waals surface area contributed by atoms with E-state index in [9.17, 15) is 9.59 Å². The molecule has 1 saturated heterocycles. The fourth-order valence-electron chi connectivity index (χ4n) is 4.49. The van der Waals surface area contributed by atoms with Gasteiger partial charge in [0.25, 0.3) is 5.56 Å². The molecule has 1 atom stereocenters. The summed E-state index contributed by atoms with van der Waals surface area (Å²) in [5.41, 5.74) is 3.19. The van der Waals surface area contributed by atoms with E-state index in [2.05, 4.69) is 0 Å². The number of fused-ring (bicyclic) bond motifs is 1. The van der Waals surface area contributed by atoms with Gasteiger partial charge in [-0.1, -0.05) is 72.4 Å². The van der Waals surface area contributed by atoms with Crippen molar-refractivity contribution in [3.63, 3.8) is 0 Å². The van der Waals surface area contributed by atoms with Crippen LogP contribution in [0.3, 0.4) is 0 Å². The number of carbonyl (C=O) groups excluding carboxylic acids is 1. The van der Waals surface area contributed by atoms with Crippen LogP contribution < -0.4 is 5.56 Å². The van der Waals surface area contributed by atoms with E-state index in [4.69, 9.17) is 4.98 Å². The van der Waals surface area contributed by atoms with Crippen molar-refractivity contribution in [3.05, 3.63) is 100 Å². The first-order chi connectivity index (χ1) is 16.6. The average Bonchev–Trinajstić information content (AvgIpc) is 2.89. The van der Waals surface area contributed by atoms with Crippen molar-refractivity contribution >= 4 is 28.6 Å². The van der Waals surface area contributed by atoms with Crippen molar-refractivity contribution in [1.82, 2.24) is 14.5 Å². The first kappa shape index (κ1) is 22.4. The molecule has 0 N–H and O–H groups in total. The van der Waals surface area contributed by atoms with Crippen molar-refractivity contribution in [3.8, 4) is 5.69 Å². The maximum absolute atomic E-state index is 13.8. The van der Waals surface area contributed by atoms with Gasteiger partial charge in [-0.25, -0.2) is 4.98 Å². The molecule has 1 fully saturated rings. The van der Waals surface area contributed by atoms with Crippen LogP contribution in [0, 0.1) is 6.92 Å². The molecule has 1 aromatic heterocycles. The van der Waals surface area contributed by atoms with Gasteiger partial charge >= 0.3 is 0 Å². The van der Waals surface area contributed by atoms with Crippen molar-refractivity contribution in [2.45, 2.75) is 36.6 Å². The number of piperidine rings is 1. The zero-order valence-corrected chi connectivity index (χ0v) is 20.0. The summed E-state index contributed by atoms with van der Waals surface area (Å²) >= 11 is 1.36. The zero-order chi connectivity index (χ0) is 23.5. The first-order valence-corrected chi connectivity index (χ1v) is 12.6. The molecule has 1 aliphatic rings. The molecule has 172 valence electrons.